The molecule has 0 bridgehead atoms. The van der Waals surface area contributed by atoms with Crippen LogP contribution in [0.25, 0.3) is 0 Å². The number of rotatable bonds is 8. The second kappa shape index (κ2) is 10.9. The van der Waals surface area contributed by atoms with Crippen LogP contribution in [-0.2, 0) is 6.42 Å². The topological polar surface area (TPSA) is 54.5 Å². The van der Waals surface area contributed by atoms with Crippen LogP contribution in [0.3, 0.4) is 0 Å². The predicted molar refractivity (Wildman–Crippen MR) is 123 cm³/mol. The van der Waals surface area contributed by atoms with E-state index in [2.05, 4.69) is 21.9 Å². The monoisotopic (exact) mass is 427 g/mol. The van der Waals surface area contributed by atoms with Crippen molar-refractivity contribution in [2.75, 3.05) is 65.4 Å². The minimum Gasteiger partial charge on any atom is -0.493 e. The molecule has 31 heavy (non-hydrogen) atoms. The summed E-state index contributed by atoms with van der Waals surface area (Å²) in [6.07, 6.45) is 0.489. The summed E-state index contributed by atoms with van der Waals surface area (Å²) in [7, 11) is 4.89. The fourth-order valence-electron chi connectivity index (χ4n) is 3.63. The fourth-order valence-corrected chi connectivity index (χ4v) is 3.63. The SMILES string of the molecule is CCOc1ccccc1N1CCN(CCc2ccc(OC(=O)N(C)C)c(OC)c2)CC1. The van der Waals surface area contributed by atoms with Crippen LogP contribution in [0, 0.1) is 0 Å². The maximum absolute atomic E-state index is 11.8. The van der Waals surface area contributed by atoms with Crippen molar-refractivity contribution in [1.82, 2.24) is 9.80 Å². The van der Waals surface area contributed by atoms with E-state index in [4.69, 9.17) is 14.2 Å². The highest BCUT2D eigenvalue weighted by molar-refractivity contribution is 5.71. The van der Waals surface area contributed by atoms with E-state index >= 15 is 0 Å². The number of carbonyl (C=O) groups excluding carboxylic acids is 1. The molecule has 1 fully saturated rings. The van der Waals surface area contributed by atoms with Crippen LogP contribution in [0.5, 0.6) is 17.2 Å². The van der Waals surface area contributed by atoms with Crippen molar-refractivity contribution >= 4 is 11.8 Å². The molecule has 0 atom stereocenters. The third kappa shape index (κ3) is 6.04. The molecule has 0 aromatic heterocycles. The second-order valence-electron chi connectivity index (χ2n) is 7.73. The van der Waals surface area contributed by atoms with Crippen molar-refractivity contribution in [3.05, 3.63) is 48.0 Å². The molecule has 0 saturated carbocycles. The van der Waals surface area contributed by atoms with Crippen LogP contribution in [0.15, 0.2) is 42.5 Å². The van der Waals surface area contributed by atoms with Crippen LogP contribution in [0.2, 0.25) is 0 Å². The lowest BCUT2D eigenvalue weighted by Crippen LogP contribution is -2.47. The van der Waals surface area contributed by atoms with E-state index in [9.17, 15) is 4.79 Å². The van der Waals surface area contributed by atoms with Crippen LogP contribution >= 0.6 is 0 Å². The Morgan fingerprint density at radius 2 is 1.74 bits per heavy atom. The summed E-state index contributed by atoms with van der Waals surface area (Å²) in [6.45, 7) is 7.64. The number of nitrogens with zero attached hydrogens (tertiary/aromatic N) is 3. The summed E-state index contributed by atoms with van der Waals surface area (Å²) in [6, 6.07) is 14.0. The van der Waals surface area contributed by atoms with Crippen molar-refractivity contribution in [3.8, 4) is 17.2 Å². The third-order valence-electron chi connectivity index (χ3n) is 5.39. The Morgan fingerprint density at radius 3 is 2.42 bits per heavy atom. The number of para-hydroxylation sites is 2. The van der Waals surface area contributed by atoms with Gasteiger partial charge in [-0.2, -0.15) is 0 Å². The normalized spacial score (nSPS) is 14.3. The molecule has 0 N–H and O–H groups in total. The Labute approximate surface area is 185 Å². The Hall–Kier alpha value is -2.93. The number of ether oxygens (including phenoxy) is 3. The van der Waals surface area contributed by atoms with Gasteiger partial charge in [0.15, 0.2) is 11.5 Å². The molecule has 1 amide bonds. The number of hydrogen-bond donors (Lipinski definition) is 0. The van der Waals surface area contributed by atoms with E-state index in [0.717, 1.165) is 50.5 Å². The highest BCUT2D eigenvalue weighted by Crippen LogP contribution is 2.30. The standard InChI is InChI=1S/C24H33N3O4/c1-5-30-21-9-7-6-8-20(21)27-16-14-26(15-17-27)13-12-19-10-11-22(23(18-19)29-4)31-24(28)25(2)3/h6-11,18H,5,12-17H2,1-4H3. The van der Waals surface area contributed by atoms with Gasteiger partial charge in [0.1, 0.15) is 5.75 Å². The molecule has 1 aliphatic rings. The first-order chi connectivity index (χ1) is 15.0. The predicted octanol–water partition coefficient (Wildman–Crippen LogP) is 3.52. The number of anilines is 1. The van der Waals surface area contributed by atoms with Crippen LogP contribution in [-0.4, -0.2) is 76.4 Å². The van der Waals surface area contributed by atoms with Gasteiger partial charge in [-0.3, -0.25) is 4.90 Å². The quantitative estimate of drug-likeness (QED) is 0.643. The Balaban J connectivity index is 1.53. The first-order valence-corrected chi connectivity index (χ1v) is 10.8. The van der Waals surface area contributed by atoms with E-state index in [1.807, 2.05) is 31.2 Å². The summed E-state index contributed by atoms with van der Waals surface area (Å²) in [4.78, 5) is 18.1. The maximum atomic E-state index is 11.8. The molecule has 0 spiro atoms. The molecule has 1 saturated heterocycles. The van der Waals surface area contributed by atoms with Gasteiger partial charge in [0.05, 0.1) is 19.4 Å². The lowest BCUT2D eigenvalue weighted by molar-refractivity contribution is 0.170. The van der Waals surface area contributed by atoms with E-state index in [0.29, 0.717) is 18.1 Å². The number of carbonyl (C=O) groups is 1. The van der Waals surface area contributed by atoms with Gasteiger partial charge in [0, 0.05) is 46.8 Å². The maximum Gasteiger partial charge on any atom is 0.414 e. The van der Waals surface area contributed by atoms with Crippen molar-refractivity contribution in [3.63, 3.8) is 0 Å². The van der Waals surface area contributed by atoms with Gasteiger partial charge in [-0.05, 0) is 43.2 Å². The van der Waals surface area contributed by atoms with Gasteiger partial charge >= 0.3 is 6.09 Å². The Kier molecular flexibility index (Phi) is 8.00. The summed E-state index contributed by atoms with van der Waals surface area (Å²) >= 11 is 0. The first kappa shape index (κ1) is 22.7. The highest BCUT2D eigenvalue weighted by atomic mass is 16.6. The molecule has 2 aromatic carbocycles. The Morgan fingerprint density at radius 1 is 1.00 bits per heavy atom. The summed E-state index contributed by atoms with van der Waals surface area (Å²) in [5.74, 6) is 1.97. The highest BCUT2D eigenvalue weighted by Gasteiger charge is 2.20. The summed E-state index contributed by atoms with van der Waals surface area (Å²) in [5, 5.41) is 0. The lowest BCUT2D eigenvalue weighted by Gasteiger charge is -2.36. The summed E-state index contributed by atoms with van der Waals surface area (Å²) < 4.78 is 16.6. The van der Waals surface area contributed by atoms with Crippen molar-refractivity contribution in [2.45, 2.75) is 13.3 Å². The zero-order chi connectivity index (χ0) is 22.2. The largest absolute Gasteiger partial charge is 0.493 e. The van der Waals surface area contributed by atoms with E-state index in [1.165, 1.54) is 10.6 Å². The number of methoxy groups -OCH3 is 1. The number of piperazine rings is 1. The van der Waals surface area contributed by atoms with Crippen molar-refractivity contribution in [2.24, 2.45) is 0 Å². The smallest absolute Gasteiger partial charge is 0.414 e. The zero-order valence-electron chi connectivity index (χ0n) is 19.0. The minimum absolute atomic E-state index is 0.421. The molecule has 1 aliphatic heterocycles. The molecule has 0 unspecified atom stereocenters. The van der Waals surface area contributed by atoms with Crippen LogP contribution < -0.4 is 19.1 Å². The summed E-state index contributed by atoms with van der Waals surface area (Å²) in [5.41, 5.74) is 2.34. The molecule has 3 rings (SSSR count). The molecular weight excluding hydrogens is 394 g/mol. The minimum atomic E-state index is -0.421. The average molecular weight is 428 g/mol. The van der Waals surface area contributed by atoms with E-state index in [-0.39, 0.29) is 0 Å². The molecule has 1 heterocycles. The zero-order valence-corrected chi connectivity index (χ0v) is 19.0. The van der Waals surface area contributed by atoms with Gasteiger partial charge in [0.25, 0.3) is 0 Å². The first-order valence-electron chi connectivity index (χ1n) is 10.8. The van der Waals surface area contributed by atoms with Gasteiger partial charge in [-0.25, -0.2) is 4.79 Å². The van der Waals surface area contributed by atoms with Gasteiger partial charge < -0.3 is 24.0 Å². The van der Waals surface area contributed by atoms with Gasteiger partial charge in [-0.15, -0.1) is 0 Å². The van der Waals surface area contributed by atoms with Gasteiger partial charge in [-0.1, -0.05) is 18.2 Å². The van der Waals surface area contributed by atoms with E-state index in [1.54, 1.807) is 27.3 Å². The number of hydrogen-bond acceptors (Lipinski definition) is 6. The molecule has 7 heteroatoms. The van der Waals surface area contributed by atoms with Crippen LogP contribution in [0.1, 0.15) is 12.5 Å². The molecule has 168 valence electrons. The Bertz CT molecular complexity index is 864. The van der Waals surface area contributed by atoms with Gasteiger partial charge in [0.2, 0.25) is 0 Å². The molecule has 0 radical (unpaired) electrons. The third-order valence-corrected chi connectivity index (χ3v) is 5.39. The second-order valence-corrected chi connectivity index (χ2v) is 7.73. The molecule has 7 nitrogen and oxygen atoms in total. The molecule has 0 aliphatic carbocycles. The van der Waals surface area contributed by atoms with Crippen molar-refractivity contribution in [1.29, 1.82) is 0 Å². The van der Waals surface area contributed by atoms with Crippen molar-refractivity contribution < 1.29 is 19.0 Å². The fraction of sp³-hybridized carbons (Fsp3) is 0.458. The average Bonchev–Trinajstić information content (AvgIpc) is 2.79. The van der Waals surface area contributed by atoms with E-state index < -0.39 is 6.09 Å². The lowest BCUT2D eigenvalue weighted by atomic mass is 10.1. The molecular formula is C24H33N3O4. The number of amides is 1. The number of benzene rings is 2. The van der Waals surface area contributed by atoms with Crippen LogP contribution in [0.4, 0.5) is 10.5 Å². The molecule has 2 aromatic rings.